The number of hydrogen-bond donors (Lipinski definition) is 1. The van der Waals surface area contributed by atoms with Gasteiger partial charge in [0, 0.05) is 38.0 Å². The quantitative estimate of drug-likeness (QED) is 0.214. The molecule has 0 aromatic carbocycles. The van der Waals surface area contributed by atoms with Gasteiger partial charge >= 0.3 is 5.97 Å². The second kappa shape index (κ2) is 12.3. The molecule has 2 bridgehead atoms. The fourth-order valence-corrected chi connectivity index (χ4v) is 8.68. The van der Waals surface area contributed by atoms with Gasteiger partial charge < -0.3 is 24.4 Å². The Kier molecular flexibility index (Phi) is 9.37. The van der Waals surface area contributed by atoms with Crippen molar-refractivity contribution in [3.63, 3.8) is 0 Å². The van der Waals surface area contributed by atoms with Gasteiger partial charge in [0.1, 0.15) is 6.04 Å². The van der Waals surface area contributed by atoms with Gasteiger partial charge in [0.25, 0.3) is 0 Å². The van der Waals surface area contributed by atoms with Crippen molar-refractivity contribution >= 4 is 29.5 Å². The Morgan fingerprint density at radius 1 is 1.32 bits per heavy atom. The molecular weight excluding hydrogens is 494 g/mol. The summed E-state index contributed by atoms with van der Waals surface area (Å²) in [6.07, 6.45) is 5.94. The first-order valence-corrected chi connectivity index (χ1v) is 14.4. The van der Waals surface area contributed by atoms with Crippen LogP contribution >= 0.6 is 11.8 Å². The van der Waals surface area contributed by atoms with Crippen molar-refractivity contribution in [2.45, 2.75) is 54.7 Å². The molecule has 9 nitrogen and oxygen atoms in total. The van der Waals surface area contributed by atoms with Crippen molar-refractivity contribution in [3.05, 3.63) is 25.3 Å². The fraction of sp³-hybridized carbons (Fsp3) is 0.741. The molecule has 0 aromatic heterocycles. The van der Waals surface area contributed by atoms with Gasteiger partial charge in [-0.15, -0.1) is 24.9 Å². The van der Waals surface area contributed by atoms with Crippen molar-refractivity contribution in [2.75, 3.05) is 59.2 Å². The zero-order valence-electron chi connectivity index (χ0n) is 21.9. The van der Waals surface area contributed by atoms with Crippen molar-refractivity contribution in [1.29, 1.82) is 0 Å². The average molecular weight is 536 g/mol. The van der Waals surface area contributed by atoms with Crippen LogP contribution in [0, 0.1) is 11.8 Å². The van der Waals surface area contributed by atoms with Crippen LogP contribution in [0.5, 0.6) is 0 Å². The molecular formula is C27H41N3O6S. The van der Waals surface area contributed by atoms with Crippen LogP contribution in [0.25, 0.3) is 0 Å². The lowest BCUT2D eigenvalue weighted by atomic mass is 9.71. The van der Waals surface area contributed by atoms with E-state index < -0.39 is 28.7 Å². The molecule has 6 atom stereocenters. The molecule has 10 heteroatoms. The first-order chi connectivity index (χ1) is 17.9. The van der Waals surface area contributed by atoms with Gasteiger partial charge in [0.2, 0.25) is 11.8 Å². The summed E-state index contributed by atoms with van der Waals surface area (Å²) in [7, 11) is 0. The summed E-state index contributed by atoms with van der Waals surface area (Å²) in [5, 5.41) is 10.2. The van der Waals surface area contributed by atoms with E-state index in [4.69, 9.17) is 9.47 Å². The summed E-state index contributed by atoms with van der Waals surface area (Å²) in [6.45, 7) is 14.1. The third-order valence-corrected chi connectivity index (χ3v) is 10.3. The van der Waals surface area contributed by atoms with Crippen LogP contribution in [0.1, 0.15) is 32.6 Å². The molecule has 37 heavy (non-hydrogen) atoms. The SMILES string of the molecule is C=CCCOC(=O)[C@@H]1[C@H]2C(=O)N([C@@H](CC)CO)C(C(=O)N(CC=C)CCN3CCOCC3)C23CC[C@H]1S3. The predicted molar refractivity (Wildman–Crippen MR) is 142 cm³/mol. The standard InChI is InChI=1S/C27H41N3O6S/c1-4-7-15-36-26(34)21-20-8-9-27(37-20)22(21)24(32)30(19(6-3)18-31)23(27)25(33)29(10-5-2)12-11-28-13-16-35-17-14-28/h4-5,19-23,31H,1-2,6-18H2,3H3/t19-,20+,21-,22-,23?,27?/m0/s1. The number of morpholine rings is 1. The highest BCUT2D eigenvalue weighted by atomic mass is 32.2. The van der Waals surface area contributed by atoms with Gasteiger partial charge in [-0.1, -0.05) is 19.1 Å². The number of nitrogens with zero attached hydrogens (tertiary/aromatic N) is 3. The van der Waals surface area contributed by atoms with Crippen LogP contribution in [-0.4, -0.2) is 119 Å². The van der Waals surface area contributed by atoms with Gasteiger partial charge in [-0.05, 0) is 25.7 Å². The van der Waals surface area contributed by atoms with Crippen molar-refractivity contribution < 1.29 is 29.0 Å². The van der Waals surface area contributed by atoms with Gasteiger partial charge in [-0.2, -0.15) is 0 Å². The number of aliphatic hydroxyl groups is 1. The summed E-state index contributed by atoms with van der Waals surface area (Å²) in [4.78, 5) is 47.2. The normalized spacial score (nSPS) is 31.7. The second-order valence-electron chi connectivity index (χ2n) is 10.3. The number of ether oxygens (including phenoxy) is 2. The second-order valence-corrected chi connectivity index (χ2v) is 11.9. The first kappa shape index (κ1) is 28.1. The molecule has 4 aliphatic rings. The number of hydrogen-bond acceptors (Lipinski definition) is 8. The molecule has 1 spiro atoms. The summed E-state index contributed by atoms with van der Waals surface area (Å²) < 4.78 is 10.3. The van der Waals surface area contributed by atoms with E-state index in [0.29, 0.717) is 52.1 Å². The lowest BCUT2D eigenvalue weighted by Gasteiger charge is -2.40. The number of esters is 1. The minimum absolute atomic E-state index is 0.0435. The molecule has 4 rings (SSSR count). The number of rotatable bonds is 13. The highest BCUT2D eigenvalue weighted by Gasteiger charge is 2.74. The average Bonchev–Trinajstić information content (AvgIpc) is 3.55. The maximum absolute atomic E-state index is 14.3. The Morgan fingerprint density at radius 2 is 2.08 bits per heavy atom. The van der Waals surface area contributed by atoms with Crippen LogP contribution in [0.3, 0.4) is 0 Å². The van der Waals surface area contributed by atoms with Crippen LogP contribution in [0.4, 0.5) is 0 Å². The first-order valence-electron chi connectivity index (χ1n) is 13.5. The molecule has 4 saturated heterocycles. The number of amides is 2. The molecule has 0 radical (unpaired) electrons. The number of aliphatic hydroxyl groups excluding tert-OH is 1. The number of carbonyl (C=O) groups is 3. The molecule has 4 aliphatic heterocycles. The van der Waals surface area contributed by atoms with Crippen molar-refractivity contribution in [2.24, 2.45) is 11.8 Å². The van der Waals surface area contributed by atoms with E-state index in [9.17, 15) is 19.5 Å². The van der Waals surface area contributed by atoms with Crippen molar-refractivity contribution in [1.82, 2.24) is 14.7 Å². The van der Waals surface area contributed by atoms with Crippen LogP contribution in [0.15, 0.2) is 25.3 Å². The number of fused-ring (bicyclic) bond motifs is 1. The molecule has 0 aliphatic carbocycles. The Labute approximate surface area is 224 Å². The molecule has 1 N–H and O–H groups in total. The van der Waals surface area contributed by atoms with Gasteiger partial charge in [0.15, 0.2) is 0 Å². The number of thioether (sulfide) groups is 1. The molecule has 206 valence electrons. The summed E-state index contributed by atoms with van der Waals surface area (Å²) >= 11 is 1.62. The summed E-state index contributed by atoms with van der Waals surface area (Å²) in [5.41, 5.74) is 0. The fourth-order valence-electron chi connectivity index (χ4n) is 6.49. The van der Waals surface area contributed by atoms with E-state index in [1.807, 2.05) is 6.92 Å². The Morgan fingerprint density at radius 3 is 2.73 bits per heavy atom. The minimum Gasteiger partial charge on any atom is -0.465 e. The largest absolute Gasteiger partial charge is 0.465 e. The van der Waals surface area contributed by atoms with E-state index in [1.165, 1.54) is 0 Å². The Bertz CT molecular complexity index is 876. The van der Waals surface area contributed by atoms with E-state index in [-0.39, 0.29) is 36.2 Å². The van der Waals surface area contributed by atoms with E-state index in [0.717, 1.165) is 19.5 Å². The highest BCUT2D eigenvalue weighted by molar-refractivity contribution is 8.02. The zero-order valence-corrected chi connectivity index (χ0v) is 22.7. The van der Waals surface area contributed by atoms with Crippen LogP contribution < -0.4 is 0 Å². The summed E-state index contributed by atoms with van der Waals surface area (Å²) in [5.74, 6) is -1.88. The lowest BCUT2D eigenvalue weighted by Crippen LogP contribution is -2.58. The van der Waals surface area contributed by atoms with E-state index in [2.05, 4.69) is 18.1 Å². The highest BCUT2D eigenvalue weighted by Crippen LogP contribution is 2.67. The molecule has 0 saturated carbocycles. The van der Waals surface area contributed by atoms with Gasteiger partial charge in [0.05, 0.1) is 49.1 Å². The minimum atomic E-state index is -0.729. The lowest BCUT2D eigenvalue weighted by molar-refractivity contribution is -0.154. The third kappa shape index (κ3) is 5.22. The van der Waals surface area contributed by atoms with Crippen molar-refractivity contribution in [3.8, 4) is 0 Å². The Hall–Kier alpha value is -1.88. The van der Waals surface area contributed by atoms with E-state index in [1.54, 1.807) is 33.7 Å². The van der Waals surface area contributed by atoms with Gasteiger partial charge in [-0.3, -0.25) is 19.3 Å². The maximum atomic E-state index is 14.3. The topological polar surface area (TPSA) is 99.6 Å². The van der Waals surface area contributed by atoms with Gasteiger partial charge in [-0.25, -0.2) is 0 Å². The molecule has 0 aromatic rings. The molecule has 2 unspecified atom stereocenters. The number of carbonyl (C=O) groups excluding carboxylic acids is 3. The summed E-state index contributed by atoms with van der Waals surface area (Å²) in [6, 6.07) is -1.21. The molecule has 4 fully saturated rings. The smallest absolute Gasteiger partial charge is 0.310 e. The molecule has 2 amide bonds. The zero-order chi connectivity index (χ0) is 26.6. The monoisotopic (exact) mass is 535 g/mol. The maximum Gasteiger partial charge on any atom is 0.310 e. The molecule has 4 heterocycles. The predicted octanol–water partition coefficient (Wildman–Crippen LogP) is 1.31. The van der Waals surface area contributed by atoms with Crippen LogP contribution in [0.2, 0.25) is 0 Å². The Balaban J connectivity index is 1.63. The third-order valence-electron chi connectivity index (χ3n) is 8.34. The number of likely N-dealkylation sites (tertiary alicyclic amines) is 1. The van der Waals surface area contributed by atoms with Crippen LogP contribution in [-0.2, 0) is 23.9 Å². The van der Waals surface area contributed by atoms with E-state index >= 15 is 0 Å².